The Morgan fingerprint density at radius 1 is 1.69 bits per heavy atom. The molecule has 1 aliphatic rings. The number of anilines is 1. The van der Waals surface area contributed by atoms with Crippen LogP contribution < -0.4 is 5.32 Å². The second kappa shape index (κ2) is 3.27. The van der Waals surface area contributed by atoms with Gasteiger partial charge in [-0.05, 0) is 35.3 Å². The van der Waals surface area contributed by atoms with Crippen molar-refractivity contribution in [3.05, 3.63) is 21.9 Å². The molecule has 1 atom stereocenters. The second-order valence-electron chi connectivity index (χ2n) is 3.24. The minimum absolute atomic E-state index is 0.424. The zero-order valence-corrected chi connectivity index (χ0v) is 8.93. The Balaban J connectivity index is 2.56. The van der Waals surface area contributed by atoms with Gasteiger partial charge in [-0.15, -0.1) is 0 Å². The number of halogens is 1. The third kappa shape index (κ3) is 1.56. The minimum Gasteiger partial charge on any atom is -0.387 e. The maximum Gasteiger partial charge on any atom is 0.0998 e. The van der Waals surface area contributed by atoms with Gasteiger partial charge in [0.1, 0.15) is 0 Å². The number of aromatic nitrogens is 1. The monoisotopic (exact) mass is 242 g/mol. The number of aliphatic hydroxyl groups excluding tert-OH is 1. The molecule has 2 rings (SSSR count). The molecule has 1 aromatic heterocycles. The van der Waals surface area contributed by atoms with Gasteiger partial charge >= 0.3 is 0 Å². The molecule has 0 aliphatic carbocycles. The number of nitrogens with zero attached hydrogens (tertiary/aromatic N) is 1. The lowest BCUT2D eigenvalue weighted by molar-refractivity contribution is 0.163. The van der Waals surface area contributed by atoms with E-state index in [2.05, 4.69) is 26.2 Å². The highest BCUT2D eigenvalue weighted by molar-refractivity contribution is 9.10. The number of rotatable bonds is 0. The molecular formula is C9H11BrN2O. The van der Waals surface area contributed by atoms with E-state index in [4.69, 9.17) is 0 Å². The SMILES string of the molecule is Cc1cc(Br)c2c(n1)C(O)CCN2. The molecule has 0 saturated heterocycles. The summed E-state index contributed by atoms with van der Waals surface area (Å²) in [6, 6.07) is 1.95. The van der Waals surface area contributed by atoms with Crippen LogP contribution in [0.25, 0.3) is 0 Å². The van der Waals surface area contributed by atoms with Crippen molar-refractivity contribution < 1.29 is 5.11 Å². The third-order valence-electron chi connectivity index (χ3n) is 2.16. The Bertz CT molecular complexity index is 341. The van der Waals surface area contributed by atoms with Gasteiger partial charge in [0, 0.05) is 16.7 Å². The summed E-state index contributed by atoms with van der Waals surface area (Å²) < 4.78 is 0.980. The number of nitrogens with one attached hydrogen (secondary N) is 1. The van der Waals surface area contributed by atoms with Gasteiger partial charge in [-0.25, -0.2) is 0 Å². The van der Waals surface area contributed by atoms with Crippen LogP contribution in [0.5, 0.6) is 0 Å². The Kier molecular flexibility index (Phi) is 2.26. The van der Waals surface area contributed by atoms with Crippen LogP contribution in [0.15, 0.2) is 10.5 Å². The van der Waals surface area contributed by atoms with Crippen LogP contribution in [0.3, 0.4) is 0 Å². The normalized spacial score (nSPS) is 20.7. The van der Waals surface area contributed by atoms with Crippen LogP contribution in [-0.2, 0) is 0 Å². The molecule has 0 bridgehead atoms. The van der Waals surface area contributed by atoms with Gasteiger partial charge in [0.15, 0.2) is 0 Å². The molecule has 1 aromatic rings. The highest BCUT2D eigenvalue weighted by atomic mass is 79.9. The minimum atomic E-state index is -0.424. The zero-order valence-electron chi connectivity index (χ0n) is 7.34. The van der Waals surface area contributed by atoms with Crippen LogP contribution in [0.2, 0.25) is 0 Å². The molecule has 13 heavy (non-hydrogen) atoms. The number of hydrogen-bond donors (Lipinski definition) is 2. The molecule has 0 radical (unpaired) electrons. The quantitative estimate of drug-likeness (QED) is 0.732. The summed E-state index contributed by atoms with van der Waals surface area (Å²) in [6.45, 7) is 2.73. The molecule has 4 heteroatoms. The average molecular weight is 243 g/mol. The van der Waals surface area contributed by atoms with Gasteiger partial charge in [-0.2, -0.15) is 0 Å². The van der Waals surface area contributed by atoms with Gasteiger partial charge < -0.3 is 10.4 Å². The van der Waals surface area contributed by atoms with Gasteiger partial charge in [0.2, 0.25) is 0 Å². The smallest absolute Gasteiger partial charge is 0.0998 e. The van der Waals surface area contributed by atoms with Crippen molar-refractivity contribution in [2.45, 2.75) is 19.4 Å². The van der Waals surface area contributed by atoms with E-state index in [0.29, 0.717) is 0 Å². The van der Waals surface area contributed by atoms with E-state index < -0.39 is 6.10 Å². The predicted octanol–water partition coefficient (Wildman–Crippen LogP) is 2.00. The molecule has 2 heterocycles. The Hall–Kier alpha value is -0.610. The first-order valence-corrected chi connectivity index (χ1v) is 5.07. The van der Waals surface area contributed by atoms with Crippen molar-refractivity contribution in [1.82, 2.24) is 4.98 Å². The molecule has 0 amide bonds. The average Bonchev–Trinajstić information content (AvgIpc) is 2.07. The summed E-state index contributed by atoms with van der Waals surface area (Å²) in [6.07, 6.45) is 0.308. The number of hydrogen-bond acceptors (Lipinski definition) is 3. The lowest BCUT2D eigenvalue weighted by Gasteiger charge is -2.23. The van der Waals surface area contributed by atoms with Gasteiger partial charge in [-0.3, -0.25) is 4.98 Å². The summed E-state index contributed by atoms with van der Waals surface area (Å²) in [5, 5.41) is 12.9. The molecule has 2 N–H and O–H groups in total. The molecule has 0 aromatic carbocycles. The zero-order chi connectivity index (χ0) is 9.42. The summed E-state index contributed by atoms with van der Waals surface area (Å²) in [7, 11) is 0. The number of aryl methyl sites for hydroxylation is 1. The molecular weight excluding hydrogens is 232 g/mol. The molecule has 70 valence electrons. The van der Waals surface area contributed by atoms with Gasteiger partial charge in [0.05, 0.1) is 17.5 Å². The summed E-state index contributed by atoms with van der Waals surface area (Å²) in [5.74, 6) is 0. The van der Waals surface area contributed by atoms with Crippen LogP contribution in [-0.4, -0.2) is 16.6 Å². The lowest BCUT2D eigenvalue weighted by atomic mass is 10.1. The fourth-order valence-corrected chi connectivity index (χ4v) is 2.22. The van der Waals surface area contributed by atoms with E-state index in [1.54, 1.807) is 0 Å². The summed E-state index contributed by atoms with van der Waals surface area (Å²) >= 11 is 3.45. The van der Waals surface area contributed by atoms with E-state index >= 15 is 0 Å². The van der Waals surface area contributed by atoms with E-state index in [1.165, 1.54) is 0 Å². The van der Waals surface area contributed by atoms with Gasteiger partial charge in [0.25, 0.3) is 0 Å². The van der Waals surface area contributed by atoms with Crippen LogP contribution in [0.4, 0.5) is 5.69 Å². The number of fused-ring (bicyclic) bond motifs is 1. The molecule has 3 nitrogen and oxygen atoms in total. The fourth-order valence-electron chi connectivity index (χ4n) is 1.54. The molecule has 1 aliphatic heterocycles. The lowest BCUT2D eigenvalue weighted by Crippen LogP contribution is -2.18. The van der Waals surface area contributed by atoms with E-state index in [-0.39, 0.29) is 0 Å². The molecule has 1 unspecified atom stereocenters. The Morgan fingerprint density at radius 2 is 2.46 bits per heavy atom. The van der Waals surface area contributed by atoms with Crippen molar-refractivity contribution in [3.8, 4) is 0 Å². The second-order valence-corrected chi connectivity index (χ2v) is 4.09. The Labute approximate surface area is 85.3 Å². The van der Waals surface area contributed by atoms with Crippen LogP contribution in [0, 0.1) is 6.92 Å². The van der Waals surface area contributed by atoms with Crippen molar-refractivity contribution >= 4 is 21.6 Å². The standard InChI is InChI=1S/C9H11BrN2O/c1-5-4-6(10)8-9(12-5)7(13)2-3-11-8/h4,7,11,13H,2-3H2,1H3. The Morgan fingerprint density at radius 3 is 3.23 bits per heavy atom. The van der Waals surface area contributed by atoms with Crippen molar-refractivity contribution in [3.63, 3.8) is 0 Å². The number of aliphatic hydroxyl groups is 1. The highest BCUT2D eigenvalue weighted by Gasteiger charge is 2.21. The van der Waals surface area contributed by atoms with E-state index in [1.807, 2.05) is 13.0 Å². The molecule has 0 saturated carbocycles. The maximum absolute atomic E-state index is 9.69. The molecule has 0 fully saturated rings. The third-order valence-corrected chi connectivity index (χ3v) is 2.79. The first-order valence-electron chi connectivity index (χ1n) is 4.27. The highest BCUT2D eigenvalue weighted by Crippen LogP contribution is 2.34. The first kappa shape index (κ1) is 8.97. The van der Waals surface area contributed by atoms with Gasteiger partial charge in [-0.1, -0.05) is 0 Å². The van der Waals surface area contributed by atoms with Crippen molar-refractivity contribution in [1.29, 1.82) is 0 Å². The van der Waals surface area contributed by atoms with E-state index in [0.717, 1.165) is 34.5 Å². The fraction of sp³-hybridized carbons (Fsp3) is 0.444. The van der Waals surface area contributed by atoms with E-state index in [9.17, 15) is 5.11 Å². The predicted molar refractivity (Wildman–Crippen MR) is 54.7 cm³/mol. The topological polar surface area (TPSA) is 45.2 Å². The summed E-state index contributed by atoms with van der Waals surface area (Å²) in [4.78, 5) is 4.31. The number of pyridine rings is 1. The van der Waals surface area contributed by atoms with Crippen LogP contribution in [0.1, 0.15) is 23.9 Å². The van der Waals surface area contributed by atoms with Crippen molar-refractivity contribution in [2.24, 2.45) is 0 Å². The van der Waals surface area contributed by atoms with Crippen molar-refractivity contribution in [2.75, 3.05) is 11.9 Å². The summed E-state index contributed by atoms with van der Waals surface area (Å²) in [5.41, 5.74) is 2.62. The molecule has 0 spiro atoms. The maximum atomic E-state index is 9.69. The largest absolute Gasteiger partial charge is 0.387 e. The first-order chi connectivity index (χ1) is 6.18. The van der Waals surface area contributed by atoms with Crippen LogP contribution >= 0.6 is 15.9 Å².